The van der Waals surface area contributed by atoms with Gasteiger partial charge in [0, 0.05) is 11.4 Å². The highest BCUT2D eigenvalue weighted by atomic mass is 16.5. The van der Waals surface area contributed by atoms with Gasteiger partial charge in [0.15, 0.2) is 0 Å². The molecular formula is C20H18N2O4. The molecule has 2 heterocycles. The number of para-hydroxylation sites is 1. The fraction of sp³-hybridized carbons (Fsp3) is 0.200. The van der Waals surface area contributed by atoms with Gasteiger partial charge in [-0.3, -0.25) is 9.36 Å². The molecule has 0 saturated heterocycles. The zero-order valence-corrected chi connectivity index (χ0v) is 14.7. The number of furan rings is 1. The van der Waals surface area contributed by atoms with E-state index in [9.17, 15) is 4.79 Å². The van der Waals surface area contributed by atoms with Gasteiger partial charge < -0.3 is 13.9 Å². The number of benzene rings is 2. The summed E-state index contributed by atoms with van der Waals surface area (Å²) >= 11 is 0. The molecule has 6 nitrogen and oxygen atoms in total. The Morgan fingerprint density at radius 2 is 1.73 bits per heavy atom. The number of methoxy groups -OCH3 is 1. The van der Waals surface area contributed by atoms with Gasteiger partial charge in [0.25, 0.3) is 5.56 Å². The first-order valence-electron chi connectivity index (χ1n) is 8.34. The van der Waals surface area contributed by atoms with Crippen molar-refractivity contribution in [2.45, 2.75) is 19.9 Å². The van der Waals surface area contributed by atoms with E-state index >= 15 is 0 Å². The molecule has 0 saturated carbocycles. The summed E-state index contributed by atoms with van der Waals surface area (Å²) in [5.74, 6) is 1.29. The van der Waals surface area contributed by atoms with E-state index in [4.69, 9.17) is 13.9 Å². The molecule has 0 aliphatic carbocycles. The minimum atomic E-state index is -0.260. The highest BCUT2D eigenvalue weighted by molar-refractivity contribution is 6.02. The highest BCUT2D eigenvalue weighted by Crippen LogP contribution is 2.29. The van der Waals surface area contributed by atoms with Crippen molar-refractivity contribution >= 4 is 22.1 Å². The number of ether oxygens (including phenoxy) is 2. The molecule has 6 heteroatoms. The molecule has 26 heavy (non-hydrogen) atoms. The molecule has 0 fully saturated rings. The molecule has 0 amide bonds. The van der Waals surface area contributed by atoms with E-state index in [1.54, 1.807) is 31.4 Å². The summed E-state index contributed by atoms with van der Waals surface area (Å²) in [5, 5.41) is 0.787. The molecule has 132 valence electrons. The van der Waals surface area contributed by atoms with Crippen LogP contribution in [0.1, 0.15) is 19.9 Å². The Hall–Kier alpha value is -3.28. The van der Waals surface area contributed by atoms with Gasteiger partial charge in [-0.1, -0.05) is 12.1 Å². The number of aromatic nitrogens is 2. The van der Waals surface area contributed by atoms with Crippen molar-refractivity contribution in [3.8, 4) is 17.5 Å². The predicted octanol–water partition coefficient (Wildman–Crippen LogP) is 4.52. The smallest absolute Gasteiger partial charge is 0.305 e. The summed E-state index contributed by atoms with van der Waals surface area (Å²) in [4.78, 5) is 17.6. The third-order valence-corrected chi connectivity index (χ3v) is 4.18. The second kappa shape index (κ2) is 6.22. The van der Waals surface area contributed by atoms with Crippen molar-refractivity contribution in [3.63, 3.8) is 0 Å². The molecule has 2 aromatic carbocycles. The van der Waals surface area contributed by atoms with Gasteiger partial charge >= 0.3 is 6.01 Å². The van der Waals surface area contributed by atoms with Gasteiger partial charge in [0.05, 0.1) is 7.11 Å². The van der Waals surface area contributed by atoms with E-state index in [-0.39, 0.29) is 23.2 Å². The van der Waals surface area contributed by atoms with Crippen LogP contribution in [0.3, 0.4) is 0 Å². The standard InChI is InChI=1S/C20H18N2O4/c1-12(2)22-19(23)18-17(15-6-4-5-7-16(15)26-18)21-20(22)25-14-10-8-13(24-3)9-11-14/h4-12H,1-3H3. The van der Waals surface area contributed by atoms with Gasteiger partial charge in [-0.25, -0.2) is 0 Å². The van der Waals surface area contributed by atoms with Gasteiger partial charge in [-0.05, 0) is 50.2 Å². The maximum Gasteiger partial charge on any atom is 0.305 e. The van der Waals surface area contributed by atoms with Crippen molar-refractivity contribution in [3.05, 3.63) is 58.9 Å². The monoisotopic (exact) mass is 350 g/mol. The molecule has 0 N–H and O–H groups in total. The Balaban J connectivity index is 1.92. The first-order chi connectivity index (χ1) is 12.6. The van der Waals surface area contributed by atoms with Crippen LogP contribution in [-0.4, -0.2) is 16.7 Å². The molecule has 4 aromatic rings. The number of hydrogen-bond donors (Lipinski definition) is 0. The molecule has 2 aromatic heterocycles. The normalized spacial score (nSPS) is 11.4. The van der Waals surface area contributed by atoms with Crippen LogP contribution in [0.25, 0.3) is 22.1 Å². The summed E-state index contributed by atoms with van der Waals surface area (Å²) in [7, 11) is 1.60. The van der Waals surface area contributed by atoms with Crippen LogP contribution in [0.5, 0.6) is 17.5 Å². The van der Waals surface area contributed by atoms with E-state index in [1.807, 2.05) is 38.1 Å². The second-order valence-electron chi connectivity index (χ2n) is 6.22. The lowest BCUT2D eigenvalue weighted by Crippen LogP contribution is -2.24. The van der Waals surface area contributed by atoms with Crippen LogP contribution in [0.2, 0.25) is 0 Å². The first kappa shape index (κ1) is 16.2. The molecule has 0 aliphatic rings. The molecule has 0 aliphatic heterocycles. The maximum atomic E-state index is 13.0. The average molecular weight is 350 g/mol. The quantitative estimate of drug-likeness (QED) is 0.541. The van der Waals surface area contributed by atoms with Crippen LogP contribution < -0.4 is 15.0 Å². The van der Waals surface area contributed by atoms with Crippen LogP contribution in [0.15, 0.2) is 57.7 Å². The molecular weight excluding hydrogens is 332 g/mol. The van der Waals surface area contributed by atoms with Crippen LogP contribution in [0, 0.1) is 0 Å². The lowest BCUT2D eigenvalue weighted by molar-refractivity contribution is 0.379. The molecule has 4 rings (SSSR count). The van der Waals surface area contributed by atoms with Crippen molar-refractivity contribution in [2.24, 2.45) is 0 Å². The van der Waals surface area contributed by atoms with Crippen molar-refractivity contribution < 1.29 is 13.9 Å². The topological polar surface area (TPSA) is 66.5 Å². The summed E-state index contributed by atoms with van der Waals surface area (Å²) in [6, 6.07) is 14.7. The third kappa shape index (κ3) is 2.60. The van der Waals surface area contributed by atoms with Crippen molar-refractivity contribution in [2.75, 3.05) is 7.11 Å². The minimum absolute atomic E-state index is 0.138. The molecule has 0 bridgehead atoms. The Morgan fingerprint density at radius 1 is 1.04 bits per heavy atom. The molecule has 0 atom stereocenters. The highest BCUT2D eigenvalue weighted by Gasteiger charge is 2.20. The Morgan fingerprint density at radius 3 is 2.42 bits per heavy atom. The first-order valence-corrected chi connectivity index (χ1v) is 8.34. The van der Waals surface area contributed by atoms with E-state index in [0.29, 0.717) is 16.8 Å². The number of rotatable bonds is 4. The Labute approximate surface area is 149 Å². The number of fused-ring (bicyclic) bond motifs is 3. The summed E-state index contributed by atoms with van der Waals surface area (Å²) in [6.45, 7) is 3.80. The largest absolute Gasteiger partial charge is 0.497 e. The Kier molecular flexibility index (Phi) is 3.88. The lowest BCUT2D eigenvalue weighted by atomic mass is 10.2. The fourth-order valence-corrected chi connectivity index (χ4v) is 2.91. The zero-order chi connectivity index (χ0) is 18.3. The number of nitrogens with zero attached hydrogens (tertiary/aromatic N) is 2. The third-order valence-electron chi connectivity index (χ3n) is 4.18. The summed E-state index contributed by atoms with van der Waals surface area (Å²) < 4.78 is 18.3. The van der Waals surface area contributed by atoms with Crippen LogP contribution in [0.4, 0.5) is 0 Å². The minimum Gasteiger partial charge on any atom is -0.497 e. The lowest BCUT2D eigenvalue weighted by Gasteiger charge is -2.15. The zero-order valence-electron chi connectivity index (χ0n) is 14.7. The fourth-order valence-electron chi connectivity index (χ4n) is 2.91. The average Bonchev–Trinajstić information content (AvgIpc) is 3.01. The predicted molar refractivity (Wildman–Crippen MR) is 99.2 cm³/mol. The second-order valence-corrected chi connectivity index (χ2v) is 6.22. The van der Waals surface area contributed by atoms with Gasteiger partial charge in [-0.15, -0.1) is 0 Å². The van der Waals surface area contributed by atoms with E-state index in [0.717, 1.165) is 11.1 Å². The van der Waals surface area contributed by atoms with E-state index in [2.05, 4.69) is 4.98 Å². The Bertz CT molecular complexity index is 1140. The van der Waals surface area contributed by atoms with Crippen LogP contribution >= 0.6 is 0 Å². The van der Waals surface area contributed by atoms with E-state index in [1.165, 1.54) is 4.57 Å². The van der Waals surface area contributed by atoms with Gasteiger partial charge in [0.1, 0.15) is 22.6 Å². The molecule has 0 spiro atoms. The van der Waals surface area contributed by atoms with Gasteiger partial charge in [-0.2, -0.15) is 4.98 Å². The SMILES string of the molecule is COc1ccc(Oc2nc3c(oc4ccccc43)c(=O)n2C(C)C)cc1. The van der Waals surface area contributed by atoms with Crippen molar-refractivity contribution in [1.29, 1.82) is 0 Å². The summed E-state index contributed by atoms with van der Waals surface area (Å²) in [6.07, 6.45) is 0. The van der Waals surface area contributed by atoms with Crippen molar-refractivity contribution in [1.82, 2.24) is 9.55 Å². The summed E-state index contributed by atoms with van der Waals surface area (Å²) in [5.41, 5.74) is 1.11. The molecule has 0 radical (unpaired) electrons. The van der Waals surface area contributed by atoms with E-state index < -0.39 is 0 Å². The van der Waals surface area contributed by atoms with Crippen LogP contribution in [-0.2, 0) is 0 Å². The number of hydrogen-bond acceptors (Lipinski definition) is 5. The maximum absolute atomic E-state index is 13.0. The van der Waals surface area contributed by atoms with Gasteiger partial charge in [0.2, 0.25) is 5.58 Å². The molecule has 0 unspecified atom stereocenters.